The number of nitrogens with two attached hydrogens (primary N) is 1. The van der Waals surface area contributed by atoms with Gasteiger partial charge in [-0.2, -0.15) is 0 Å². The summed E-state index contributed by atoms with van der Waals surface area (Å²) in [6.07, 6.45) is 1.73. The van der Waals surface area contributed by atoms with E-state index in [9.17, 15) is 14.7 Å². The first kappa shape index (κ1) is 20.3. The number of aliphatic carboxylic acids is 1. The van der Waals surface area contributed by atoms with Crippen LogP contribution < -0.4 is 21.1 Å². The van der Waals surface area contributed by atoms with Crippen molar-refractivity contribution in [3.8, 4) is 11.5 Å². The number of ether oxygens (including phenoxy) is 1. The summed E-state index contributed by atoms with van der Waals surface area (Å²) in [7, 11) is 0. The molecule has 1 amide bonds. The van der Waals surface area contributed by atoms with Gasteiger partial charge in [0, 0.05) is 0 Å². The van der Waals surface area contributed by atoms with Gasteiger partial charge >= 0.3 is 5.97 Å². The smallest absolute Gasteiger partial charge is 0.326 e. The van der Waals surface area contributed by atoms with Gasteiger partial charge in [0.2, 0.25) is 5.91 Å². The Kier molecular flexibility index (Phi) is 8.12. The van der Waals surface area contributed by atoms with Crippen molar-refractivity contribution in [2.24, 2.45) is 5.73 Å². The minimum absolute atomic E-state index is 0.0597. The van der Waals surface area contributed by atoms with E-state index >= 15 is 0 Å². The van der Waals surface area contributed by atoms with Gasteiger partial charge in [0.15, 0.2) is 5.75 Å². The van der Waals surface area contributed by atoms with Gasteiger partial charge in [-0.05, 0) is 50.1 Å². The molecule has 0 saturated carbocycles. The summed E-state index contributed by atoms with van der Waals surface area (Å²) < 4.78 is 5.83. The summed E-state index contributed by atoms with van der Waals surface area (Å²) >= 11 is 0. The molecule has 2 aromatic carbocycles. The minimum atomic E-state index is -1.05. The van der Waals surface area contributed by atoms with Crippen LogP contribution in [-0.2, 0) is 9.59 Å². The third-order valence-corrected chi connectivity index (χ3v) is 3.88. The molecule has 0 unspecified atom stereocenters. The minimum Gasteiger partial charge on any atom is -0.480 e. The van der Waals surface area contributed by atoms with Crippen LogP contribution in [0.4, 0.5) is 5.69 Å². The van der Waals surface area contributed by atoms with E-state index in [0.717, 1.165) is 6.42 Å². The number of carboxylic acids is 1. The molecule has 2 rings (SSSR count). The first-order chi connectivity index (χ1) is 13.1. The van der Waals surface area contributed by atoms with E-state index in [4.69, 9.17) is 10.5 Å². The van der Waals surface area contributed by atoms with Crippen LogP contribution in [0.25, 0.3) is 0 Å². The molecular weight excluding hydrogens is 346 g/mol. The molecule has 0 saturated heterocycles. The van der Waals surface area contributed by atoms with Crippen molar-refractivity contribution in [3.05, 3.63) is 54.6 Å². The Labute approximate surface area is 158 Å². The van der Waals surface area contributed by atoms with Gasteiger partial charge in [-0.3, -0.25) is 4.79 Å². The lowest BCUT2D eigenvalue weighted by molar-refractivity contribution is -0.141. The summed E-state index contributed by atoms with van der Waals surface area (Å²) in [6, 6.07) is 15.6. The zero-order valence-corrected chi connectivity index (χ0v) is 15.1. The number of carboxylic acid groups (broad SMARTS) is 1. The fourth-order valence-electron chi connectivity index (χ4n) is 2.49. The average molecular weight is 371 g/mol. The number of para-hydroxylation sites is 3. The molecule has 0 radical (unpaired) electrons. The normalized spacial score (nSPS) is 11.4. The van der Waals surface area contributed by atoms with E-state index in [1.807, 2.05) is 42.5 Å². The summed E-state index contributed by atoms with van der Waals surface area (Å²) in [5.74, 6) is -0.186. The lowest BCUT2D eigenvalue weighted by atomic mass is 10.1. The number of unbranched alkanes of at least 4 members (excludes halogenated alkanes) is 1. The van der Waals surface area contributed by atoms with E-state index in [1.54, 1.807) is 12.1 Å². The molecular formula is C20H25N3O4. The molecule has 5 N–H and O–H groups in total. The van der Waals surface area contributed by atoms with E-state index in [-0.39, 0.29) is 6.54 Å². The zero-order chi connectivity index (χ0) is 19.5. The number of benzene rings is 2. The number of carbonyl (C=O) groups is 2. The fraction of sp³-hybridized carbons (Fsp3) is 0.300. The molecule has 0 heterocycles. The Morgan fingerprint density at radius 3 is 2.44 bits per heavy atom. The largest absolute Gasteiger partial charge is 0.480 e. The highest BCUT2D eigenvalue weighted by molar-refractivity contribution is 5.86. The van der Waals surface area contributed by atoms with Crippen LogP contribution in [0, 0.1) is 0 Å². The summed E-state index contributed by atoms with van der Waals surface area (Å²) in [4.78, 5) is 23.4. The second-order valence-corrected chi connectivity index (χ2v) is 6.01. The Morgan fingerprint density at radius 1 is 1.04 bits per heavy atom. The van der Waals surface area contributed by atoms with Crippen molar-refractivity contribution in [2.75, 3.05) is 18.4 Å². The topological polar surface area (TPSA) is 114 Å². The van der Waals surface area contributed by atoms with Gasteiger partial charge < -0.3 is 26.2 Å². The van der Waals surface area contributed by atoms with Gasteiger partial charge in [0.05, 0.1) is 12.2 Å². The van der Waals surface area contributed by atoms with Crippen molar-refractivity contribution in [3.63, 3.8) is 0 Å². The molecule has 7 nitrogen and oxygen atoms in total. The van der Waals surface area contributed by atoms with Crippen LogP contribution >= 0.6 is 0 Å². The Balaban J connectivity index is 1.91. The van der Waals surface area contributed by atoms with Crippen LogP contribution in [0.1, 0.15) is 19.3 Å². The van der Waals surface area contributed by atoms with Gasteiger partial charge in [-0.15, -0.1) is 0 Å². The molecule has 144 valence electrons. The Hall–Kier alpha value is -3.06. The number of hydrogen-bond donors (Lipinski definition) is 4. The second kappa shape index (κ2) is 10.8. The van der Waals surface area contributed by atoms with Crippen LogP contribution in [0.5, 0.6) is 11.5 Å². The molecule has 0 aromatic heterocycles. The number of carbonyl (C=O) groups excluding carboxylic acids is 1. The van der Waals surface area contributed by atoms with Crippen LogP contribution in [0.3, 0.4) is 0 Å². The highest BCUT2D eigenvalue weighted by Gasteiger charge is 2.19. The quantitative estimate of drug-likeness (QED) is 0.452. The molecule has 0 fully saturated rings. The molecule has 7 heteroatoms. The van der Waals surface area contributed by atoms with Crippen LogP contribution in [0.2, 0.25) is 0 Å². The number of rotatable bonds is 11. The predicted molar refractivity (Wildman–Crippen MR) is 104 cm³/mol. The number of amides is 1. The first-order valence-electron chi connectivity index (χ1n) is 8.88. The van der Waals surface area contributed by atoms with E-state index in [1.165, 1.54) is 0 Å². The van der Waals surface area contributed by atoms with Crippen molar-refractivity contribution < 1.29 is 19.4 Å². The number of hydrogen-bond acceptors (Lipinski definition) is 5. The van der Waals surface area contributed by atoms with Gasteiger partial charge in [0.1, 0.15) is 11.8 Å². The molecule has 27 heavy (non-hydrogen) atoms. The monoisotopic (exact) mass is 371 g/mol. The predicted octanol–water partition coefficient (Wildman–Crippen LogP) is 2.59. The highest BCUT2D eigenvalue weighted by atomic mass is 16.5. The summed E-state index contributed by atoms with van der Waals surface area (Å²) in [5, 5.41) is 14.8. The molecule has 0 spiro atoms. The number of anilines is 1. The number of nitrogens with one attached hydrogen (secondary N) is 2. The lowest BCUT2D eigenvalue weighted by Gasteiger charge is -2.16. The fourth-order valence-corrected chi connectivity index (χ4v) is 2.49. The SMILES string of the molecule is NCCCC[C@H](NC(=O)CNc1ccccc1Oc1ccccc1)C(=O)O. The standard InChI is InChI=1S/C20H25N3O4/c21-13-7-6-11-17(20(25)26)23-19(24)14-22-16-10-4-5-12-18(16)27-15-8-2-1-3-9-15/h1-5,8-10,12,17,22H,6-7,11,13-14,21H2,(H,23,24)(H,25,26)/t17-/m0/s1. The molecule has 0 aliphatic rings. The van der Waals surface area contributed by atoms with Gasteiger partial charge in [-0.1, -0.05) is 30.3 Å². The third kappa shape index (κ3) is 6.99. The van der Waals surface area contributed by atoms with Crippen LogP contribution in [-0.4, -0.2) is 36.1 Å². The molecule has 1 atom stereocenters. The maximum atomic E-state index is 12.1. The summed E-state index contributed by atoms with van der Waals surface area (Å²) in [6.45, 7) is 0.440. The van der Waals surface area contributed by atoms with Gasteiger partial charge in [0.25, 0.3) is 0 Å². The maximum Gasteiger partial charge on any atom is 0.326 e. The molecule has 0 aliphatic heterocycles. The second-order valence-electron chi connectivity index (χ2n) is 6.01. The third-order valence-electron chi connectivity index (χ3n) is 3.88. The molecule has 2 aromatic rings. The van der Waals surface area contributed by atoms with Gasteiger partial charge in [-0.25, -0.2) is 4.79 Å². The first-order valence-corrected chi connectivity index (χ1v) is 8.88. The van der Waals surface area contributed by atoms with E-state index in [0.29, 0.717) is 36.6 Å². The maximum absolute atomic E-state index is 12.1. The molecule has 0 aliphatic carbocycles. The highest BCUT2D eigenvalue weighted by Crippen LogP contribution is 2.28. The van der Waals surface area contributed by atoms with Crippen LogP contribution in [0.15, 0.2) is 54.6 Å². The van der Waals surface area contributed by atoms with Crippen molar-refractivity contribution in [1.29, 1.82) is 0 Å². The van der Waals surface area contributed by atoms with Crippen molar-refractivity contribution in [2.45, 2.75) is 25.3 Å². The summed E-state index contributed by atoms with van der Waals surface area (Å²) in [5.41, 5.74) is 6.06. The Bertz CT molecular complexity index is 737. The average Bonchev–Trinajstić information content (AvgIpc) is 2.67. The van der Waals surface area contributed by atoms with E-state index in [2.05, 4.69) is 10.6 Å². The zero-order valence-electron chi connectivity index (χ0n) is 15.1. The van der Waals surface area contributed by atoms with Crippen molar-refractivity contribution >= 4 is 17.6 Å². The molecule has 0 bridgehead atoms. The van der Waals surface area contributed by atoms with E-state index < -0.39 is 17.9 Å². The Morgan fingerprint density at radius 2 is 1.74 bits per heavy atom. The lowest BCUT2D eigenvalue weighted by Crippen LogP contribution is -2.43. The van der Waals surface area contributed by atoms with Crippen molar-refractivity contribution in [1.82, 2.24) is 5.32 Å².